The predicted octanol–water partition coefficient (Wildman–Crippen LogP) is 1.73. The van der Waals surface area contributed by atoms with Gasteiger partial charge in [-0.25, -0.2) is 9.37 Å². The maximum Gasteiger partial charge on any atom is 0.276 e. The number of hydrogen-bond acceptors (Lipinski definition) is 5. The highest BCUT2D eigenvalue weighted by Crippen LogP contribution is 2.18. The highest BCUT2D eigenvalue weighted by atomic mass is 19.1. The van der Waals surface area contributed by atoms with Gasteiger partial charge in [-0.15, -0.1) is 0 Å². The fourth-order valence-corrected chi connectivity index (χ4v) is 1.26. The van der Waals surface area contributed by atoms with E-state index in [4.69, 9.17) is 9.26 Å². The summed E-state index contributed by atoms with van der Waals surface area (Å²) in [6, 6.07) is 1.53. The molecule has 0 atom stereocenters. The van der Waals surface area contributed by atoms with E-state index in [9.17, 15) is 4.39 Å². The second-order valence-corrected chi connectivity index (χ2v) is 3.24. The molecule has 0 aliphatic heterocycles. The van der Waals surface area contributed by atoms with Gasteiger partial charge in [0.25, 0.3) is 5.89 Å². The summed E-state index contributed by atoms with van der Waals surface area (Å²) in [5.74, 6) is 0.367. The van der Waals surface area contributed by atoms with E-state index in [-0.39, 0.29) is 12.5 Å². The van der Waals surface area contributed by atoms with Crippen LogP contribution < -0.4 is 0 Å². The Morgan fingerprint density at radius 2 is 2.31 bits per heavy atom. The van der Waals surface area contributed by atoms with Crippen LogP contribution in [0, 0.1) is 12.7 Å². The van der Waals surface area contributed by atoms with Gasteiger partial charge in [-0.1, -0.05) is 5.16 Å². The second kappa shape index (κ2) is 4.36. The normalized spacial score (nSPS) is 10.7. The van der Waals surface area contributed by atoms with Crippen molar-refractivity contribution >= 4 is 0 Å². The molecule has 0 aliphatic carbocycles. The fourth-order valence-electron chi connectivity index (χ4n) is 1.26. The Balaban J connectivity index is 2.39. The number of pyridine rings is 1. The molecule has 0 spiro atoms. The Morgan fingerprint density at radius 1 is 1.50 bits per heavy atom. The zero-order valence-electron chi connectivity index (χ0n) is 8.90. The van der Waals surface area contributed by atoms with Crippen molar-refractivity contribution in [2.45, 2.75) is 13.5 Å². The van der Waals surface area contributed by atoms with E-state index in [0.29, 0.717) is 17.1 Å². The SMILES string of the molecule is COCc1cc(-c2nc(C)no2)ncc1F. The molecule has 5 nitrogen and oxygen atoms in total. The van der Waals surface area contributed by atoms with Crippen molar-refractivity contribution in [2.75, 3.05) is 7.11 Å². The maximum absolute atomic E-state index is 13.3. The molecule has 0 saturated heterocycles. The summed E-state index contributed by atoms with van der Waals surface area (Å²) in [4.78, 5) is 7.89. The van der Waals surface area contributed by atoms with Crippen molar-refractivity contribution in [1.82, 2.24) is 15.1 Å². The van der Waals surface area contributed by atoms with Crippen LogP contribution in [0.3, 0.4) is 0 Å². The minimum absolute atomic E-state index is 0.175. The van der Waals surface area contributed by atoms with Crippen LogP contribution in [0.2, 0.25) is 0 Å². The first-order valence-electron chi connectivity index (χ1n) is 4.64. The quantitative estimate of drug-likeness (QED) is 0.792. The molecule has 16 heavy (non-hydrogen) atoms. The average molecular weight is 223 g/mol. The van der Waals surface area contributed by atoms with Gasteiger partial charge in [0.05, 0.1) is 12.8 Å². The molecule has 0 bridgehead atoms. The summed E-state index contributed by atoms with van der Waals surface area (Å²) < 4.78 is 23.1. The summed E-state index contributed by atoms with van der Waals surface area (Å²) in [5.41, 5.74) is 0.845. The lowest BCUT2D eigenvalue weighted by atomic mass is 10.2. The van der Waals surface area contributed by atoms with Crippen molar-refractivity contribution in [3.8, 4) is 11.6 Å². The highest BCUT2D eigenvalue weighted by Gasteiger charge is 2.11. The third kappa shape index (κ3) is 2.06. The van der Waals surface area contributed by atoms with Gasteiger partial charge >= 0.3 is 0 Å². The molecule has 0 radical (unpaired) electrons. The summed E-state index contributed by atoms with van der Waals surface area (Å²) in [6.07, 6.45) is 1.11. The molecular formula is C10H10FN3O2. The molecule has 0 amide bonds. The third-order valence-electron chi connectivity index (χ3n) is 1.98. The molecule has 2 heterocycles. The van der Waals surface area contributed by atoms with Crippen molar-refractivity contribution in [3.63, 3.8) is 0 Å². The average Bonchev–Trinajstić information content (AvgIpc) is 2.69. The van der Waals surface area contributed by atoms with Crippen molar-refractivity contribution < 1.29 is 13.7 Å². The van der Waals surface area contributed by atoms with Gasteiger partial charge in [-0.3, -0.25) is 0 Å². The predicted molar refractivity (Wildman–Crippen MR) is 52.9 cm³/mol. The fraction of sp³-hybridized carbons (Fsp3) is 0.300. The van der Waals surface area contributed by atoms with Crippen molar-refractivity contribution in [1.29, 1.82) is 0 Å². The minimum atomic E-state index is -0.415. The smallest absolute Gasteiger partial charge is 0.276 e. The van der Waals surface area contributed by atoms with Gasteiger partial charge in [0.15, 0.2) is 5.82 Å². The standard InChI is InChI=1S/C10H10FN3O2/c1-6-13-10(16-14-6)9-3-7(5-15-2)8(11)4-12-9/h3-4H,5H2,1-2H3. The van der Waals surface area contributed by atoms with E-state index < -0.39 is 5.82 Å². The number of halogens is 1. The molecule has 6 heteroatoms. The largest absolute Gasteiger partial charge is 0.380 e. The minimum Gasteiger partial charge on any atom is -0.380 e. The van der Waals surface area contributed by atoms with Crippen LogP contribution in [0.25, 0.3) is 11.6 Å². The molecular weight excluding hydrogens is 213 g/mol. The molecule has 2 aromatic rings. The molecule has 84 valence electrons. The molecule has 2 rings (SSSR count). The van der Waals surface area contributed by atoms with Crippen molar-refractivity contribution in [2.24, 2.45) is 0 Å². The molecule has 0 fully saturated rings. The van der Waals surface area contributed by atoms with Gasteiger partial charge in [0.1, 0.15) is 11.5 Å². The Bertz CT molecular complexity index is 499. The van der Waals surface area contributed by atoms with Crippen LogP contribution >= 0.6 is 0 Å². The van der Waals surface area contributed by atoms with Crippen LogP contribution in [-0.4, -0.2) is 22.2 Å². The Morgan fingerprint density at radius 3 is 2.94 bits per heavy atom. The second-order valence-electron chi connectivity index (χ2n) is 3.24. The third-order valence-corrected chi connectivity index (χ3v) is 1.98. The van der Waals surface area contributed by atoms with Crippen LogP contribution in [0.1, 0.15) is 11.4 Å². The number of rotatable bonds is 3. The van der Waals surface area contributed by atoms with E-state index >= 15 is 0 Å². The number of aromatic nitrogens is 3. The lowest BCUT2D eigenvalue weighted by Crippen LogP contribution is -1.96. The Hall–Kier alpha value is -1.82. The van der Waals surface area contributed by atoms with Gasteiger partial charge in [-0.05, 0) is 13.0 Å². The zero-order valence-corrected chi connectivity index (χ0v) is 8.90. The number of aryl methyl sites for hydroxylation is 1. The summed E-state index contributed by atoms with van der Waals surface area (Å²) in [5, 5.41) is 3.64. The molecule has 0 aliphatic rings. The van der Waals surface area contributed by atoms with Gasteiger partial charge < -0.3 is 9.26 Å². The van der Waals surface area contributed by atoms with Gasteiger partial charge in [0.2, 0.25) is 0 Å². The molecule has 2 aromatic heterocycles. The first kappa shape index (κ1) is 10.7. The van der Waals surface area contributed by atoms with E-state index in [2.05, 4.69) is 15.1 Å². The maximum atomic E-state index is 13.3. The Labute approximate surface area is 91.3 Å². The monoisotopic (exact) mass is 223 g/mol. The van der Waals surface area contributed by atoms with E-state index in [1.807, 2.05) is 0 Å². The molecule has 0 saturated carbocycles. The van der Waals surface area contributed by atoms with Gasteiger partial charge in [-0.2, -0.15) is 4.98 Å². The number of hydrogen-bond donors (Lipinski definition) is 0. The van der Waals surface area contributed by atoms with Crippen LogP contribution in [0.4, 0.5) is 4.39 Å². The number of ether oxygens (including phenoxy) is 1. The first-order chi connectivity index (χ1) is 7.70. The van der Waals surface area contributed by atoms with Crippen molar-refractivity contribution in [3.05, 3.63) is 29.5 Å². The summed E-state index contributed by atoms with van der Waals surface area (Å²) >= 11 is 0. The number of methoxy groups -OCH3 is 1. The van der Waals surface area contributed by atoms with E-state index in [1.54, 1.807) is 6.92 Å². The summed E-state index contributed by atoms with van der Waals surface area (Å²) in [6.45, 7) is 1.88. The lowest BCUT2D eigenvalue weighted by Gasteiger charge is -2.02. The topological polar surface area (TPSA) is 61.0 Å². The Kier molecular flexibility index (Phi) is 2.91. The van der Waals surface area contributed by atoms with Crippen LogP contribution in [0.15, 0.2) is 16.8 Å². The van der Waals surface area contributed by atoms with Crippen LogP contribution in [-0.2, 0) is 11.3 Å². The number of nitrogens with zero attached hydrogens (tertiary/aromatic N) is 3. The van der Waals surface area contributed by atoms with Crippen LogP contribution in [0.5, 0.6) is 0 Å². The van der Waals surface area contributed by atoms with Gasteiger partial charge in [0, 0.05) is 12.7 Å². The van der Waals surface area contributed by atoms with E-state index in [1.165, 1.54) is 13.2 Å². The first-order valence-corrected chi connectivity index (χ1v) is 4.64. The lowest BCUT2D eigenvalue weighted by molar-refractivity contribution is 0.181. The molecule has 0 unspecified atom stereocenters. The van der Waals surface area contributed by atoms with E-state index in [0.717, 1.165) is 6.20 Å². The molecule has 0 aromatic carbocycles. The highest BCUT2D eigenvalue weighted by molar-refractivity contribution is 5.47. The molecule has 0 N–H and O–H groups in total. The summed E-state index contributed by atoms with van der Waals surface area (Å²) in [7, 11) is 1.50. The zero-order chi connectivity index (χ0) is 11.5.